The lowest BCUT2D eigenvalue weighted by atomic mass is 9.97. The highest BCUT2D eigenvalue weighted by Gasteiger charge is 2.35. The summed E-state index contributed by atoms with van der Waals surface area (Å²) in [7, 11) is 0. The molecule has 0 saturated heterocycles. The molecule has 0 fully saturated rings. The molecule has 0 saturated carbocycles. The summed E-state index contributed by atoms with van der Waals surface area (Å²) in [4.78, 5) is 13.1. The fourth-order valence-electron chi connectivity index (χ4n) is 4.21. The summed E-state index contributed by atoms with van der Waals surface area (Å²) in [6.45, 7) is 1.59. The summed E-state index contributed by atoms with van der Waals surface area (Å²) in [5, 5.41) is 12.1. The van der Waals surface area contributed by atoms with Crippen molar-refractivity contribution in [3.05, 3.63) is 107 Å². The third-order valence-corrected chi connectivity index (χ3v) is 6.31. The molecule has 5 rings (SSSR count). The molecule has 1 unspecified atom stereocenters. The van der Waals surface area contributed by atoms with E-state index in [0.717, 1.165) is 32.9 Å². The van der Waals surface area contributed by atoms with Gasteiger partial charge in [0.1, 0.15) is 0 Å². The van der Waals surface area contributed by atoms with Crippen LogP contribution in [-0.4, -0.2) is 25.5 Å². The molecule has 0 aliphatic heterocycles. The number of amides is 1. The molecule has 10 heteroatoms. The van der Waals surface area contributed by atoms with Crippen LogP contribution >= 0.6 is 11.6 Å². The Morgan fingerprint density at radius 1 is 0.973 bits per heavy atom. The van der Waals surface area contributed by atoms with Crippen LogP contribution in [-0.2, 0) is 17.5 Å². The van der Waals surface area contributed by atoms with E-state index in [9.17, 15) is 18.0 Å². The maximum Gasteiger partial charge on any atom is 0.435 e. The SMILES string of the molecule is CC(C(=O)NCc1cc(C(F)(F)F)nn1-c1cccc(Cl)c1)c1cccc2c1cnn2-c1ccccc1. The Morgan fingerprint density at radius 3 is 2.43 bits per heavy atom. The van der Waals surface area contributed by atoms with Gasteiger partial charge in [0.05, 0.1) is 41.2 Å². The Hall–Kier alpha value is -4.11. The average Bonchev–Trinajstić information content (AvgIpc) is 3.52. The van der Waals surface area contributed by atoms with E-state index >= 15 is 0 Å². The molecule has 0 bridgehead atoms. The summed E-state index contributed by atoms with van der Waals surface area (Å²) in [5.74, 6) is -0.922. The zero-order valence-electron chi connectivity index (χ0n) is 19.6. The molecule has 1 amide bonds. The molecule has 0 aliphatic rings. The summed E-state index contributed by atoms with van der Waals surface area (Å²) < 4.78 is 43.1. The number of benzene rings is 3. The molecule has 0 radical (unpaired) electrons. The predicted octanol–water partition coefficient (Wildman–Crippen LogP) is 6.30. The Bertz CT molecular complexity index is 1580. The average molecular weight is 524 g/mol. The van der Waals surface area contributed by atoms with Crippen molar-refractivity contribution in [1.82, 2.24) is 24.9 Å². The van der Waals surface area contributed by atoms with E-state index in [4.69, 9.17) is 11.6 Å². The Labute approximate surface area is 215 Å². The van der Waals surface area contributed by atoms with Crippen molar-refractivity contribution in [3.8, 4) is 11.4 Å². The van der Waals surface area contributed by atoms with Crippen LogP contribution in [0.5, 0.6) is 0 Å². The number of rotatable bonds is 6. The summed E-state index contributed by atoms with van der Waals surface area (Å²) in [5.41, 5.74) is 1.97. The largest absolute Gasteiger partial charge is 0.435 e. The monoisotopic (exact) mass is 523 g/mol. The summed E-state index contributed by atoms with van der Waals surface area (Å²) in [6.07, 6.45) is -2.92. The minimum Gasteiger partial charge on any atom is -0.350 e. The minimum atomic E-state index is -4.63. The standard InChI is InChI=1S/C27H21ClF3N5O/c1-17(22-11-6-12-24-23(22)16-33-36(24)19-8-3-2-4-9-19)26(37)32-15-21-14-25(27(29,30)31)34-35(21)20-10-5-7-18(28)13-20/h2-14,16-17H,15H2,1H3,(H,32,37). The Balaban J connectivity index is 1.41. The van der Waals surface area contributed by atoms with Crippen molar-refractivity contribution in [2.24, 2.45) is 0 Å². The van der Waals surface area contributed by atoms with Gasteiger partial charge in [-0.05, 0) is 55.0 Å². The summed E-state index contributed by atoms with van der Waals surface area (Å²) >= 11 is 6.03. The zero-order chi connectivity index (χ0) is 26.2. The molecule has 1 atom stereocenters. The lowest BCUT2D eigenvalue weighted by Crippen LogP contribution is -2.28. The maximum absolute atomic E-state index is 13.4. The second kappa shape index (κ2) is 9.74. The first-order chi connectivity index (χ1) is 17.7. The maximum atomic E-state index is 13.4. The second-order valence-electron chi connectivity index (χ2n) is 8.52. The van der Waals surface area contributed by atoms with Crippen LogP contribution in [0.25, 0.3) is 22.3 Å². The highest BCUT2D eigenvalue weighted by molar-refractivity contribution is 6.30. The van der Waals surface area contributed by atoms with Crippen molar-refractivity contribution >= 4 is 28.4 Å². The van der Waals surface area contributed by atoms with Gasteiger partial charge >= 0.3 is 6.18 Å². The third-order valence-electron chi connectivity index (χ3n) is 6.08. The van der Waals surface area contributed by atoms with Crippen LogP contribution < -0.4 is 5.32 Å². The van der Waals surface area contributed by atoms with Crippen LogP contribution in [0, 0.1) is 0 Å². The van der Waals surface area contributed by atoms with Gasteiger partial charge < -0.3 is 5.32 Å². The number of halogens is 4. The number of fused-ring (bicyclic) bond motifs is 1. The number of hydrogen-bond donors (Lipinski definition) is 1. The molecule has 2 aromatic heterocycles. The highest BCUT2D eigenvalue weighted by atomic mass is 35.5. The van der Waals surface area contributed by atoms with E-state index < -0.39 is 17.8 Å². The number of carbonyl (C=O) groups excluding carboxylic acids is 1. The van der Waals surface area contributed by atoms with Crippen molar-refractivity contribution in [1.29, 1.82) is 0 Å². The minimum absolute atomic E-state index is 0.155. The Kier molecular flexibility index (Phi) is 6.47. The fourth-order valence-corrected chi connectivity index (χ4v) is 4.40. The van der Waals surface area contributed by atoms with Crippen molar-refractivity contribution < 1.29 is 18.0 Å². The molecule has 0 spiro atoms. The van der Waals surface area contributed by atoms with Crippen molar-refractivity contribution in [2.45, 2.75) is 25.6 Å². The molecular formula is C27H21ClF3N5O. The lowest BCUT2D eigenvalue weighted by Gasteiger charge is -2.15. The smallest absolute Gasteiger partial charge is 0.350 e. The fraction of sp³-hybridized carbons (Fsp3) is 0.148. The summed E-state index contributed by atoms with van der Waals surface area (Å²) in [6, 6.07) is 22.5. The predicted molar refractivity (Wildman–Crippen MR) is 135 cm³/mol. The molecule has 37 heavy (non-hydrogen) atoms. The molecule has 6 nitrogen and oxygen atoms in total. The quantitative estimate of drug-likeness (QED) is 0.284. The Morgan fingerprint density at radius 2 is 1.70 bits per heavy atom. The first-order valence-corrected chi connectivity index (χ1v) is 11.8. The van der Waals surface area contributed by atoms with E-state index in [1.165, 1.54) is 6.07 Å². The first kappa shape index (κ1) is 24.6. The number of carbonyl (C=O) groups is 1. The normalized spacial score (nSPS) is 12.6. The van der Waals surface area contributed by atoms with Crippen LogP contribution in [0.2, 0.25) is 5.02 Å². The van der Waals surface area contributed by atoms with E-state index in [1.54, 1.807) is 36.0 Å². The number of para-hydroxylation sites is 1. The van der Waals surface area contributed by atoms with Gasteiger partial charge in [0.2, 0.25) is 5.91 Å². The van der Waals surface area contributed by atoms with Gasteiger partial charge in [0, 0.05) is 10.4 Å². The number of nitrogens with one attached hydrogen (secondary N) is 1. The van der Waals surface area contributed by atoms with E-state index in [2.05, 4.69) is 15.5 Å². The lowest BCUT2D eigenvalue weighted by molar-refractivity contribution is -0.141. The van der Waals surface area contributed by atoms with Crippen LogP contribution in [0.4, 0.5) is 13.2 Å². The van der Waals surface area contributed by atoms with Gasteiger partial charge in [0.15, 0.2) is 5.69 Å². The second-order valence-corrected chi connectivity index (χ2v) is 8.96. The van der Waals surface area contributed by atoms with Crippen molar-refractivity contribution in [2.75, 3.05) is 0 Å². The number of nitrogens with zero attached hydrogens (tertiary/aromatic N) is 4. The molecule has 2 heterocycles. The zero-order valence-corrected chi connectivity index (χ0v) is 20.3. The van der Waals surface area contributed by atoms with E-state index in [1.807, 2.05) is 48.5 Å². The van der Waals surface area contributed by atoms with E-state index in [-0.39, 0.29) is 18.1 Å². The van der Waals surface area contributed by atoms with Gasteiger partial charge in [-0.25, -0.2) is 9.36 Å². The van der Waals surface area contributed by atoms with Crippen LogP contribution in [0.3, 0.4) is 0 Å². The van der Waals surface area contributed by atoms with Gasteiger partial charge in [-0.2, -0.15) is 23.4 Å². The highest BCUT2D eigenvalue weighted by Crippen LogP contribution is 2.31. The molecule has 5 aromatic rings. The molecular weight excluding hydrogens is 503 g/mol. The van der Waals surface area contributed by atoms with E-state index in [0.29, 0.717) is 10.7 Å². The van der Waals surface area contributed by atoms with Gasteiger partial charge in [-0.15, -0.1) is 0 Å². The molecule has 188 valence electrons. The van der Waals surface area contributed by atoms with Crippen LogP contribution in [0.1, 0.15) is 29.8 Å². The topological polar surface area (TPSA) is 64.7 Å². The third kappa shape index (κ3) is 4.95. The number of alkyl halides is 3. The van der Waals surface area contributed by atoms with Gasteiger partial charge in [-0.1, -0.05) is 48.0 Å². The van der Waals surface area contributed by atoms with Gasteiger partial charge in [-0.3, -0.25) is 4.79 Å². The van der Waals surface area contributed by atoms with Crippen molar-refractivity contribution in [3.63, 3.8) is 0 Å². The first-order valence-electron chi connectivity index (χ1n) is 11.4. The molecule has 0 aliphatic carbocycles. The number of hydrogen-bond acceptors (Lipinski definition) is 3. The number of aromatic nitrogens is 4. The van der Waals surface area contributed by atoms with Crippen LogP contribution in [0.15, 0.2) is 85.1 Å². The molecule has 3 aromatic carbocycles. The van der Waals surface area contributed by atoms with Gasteiger partial charge in [0.25, 0.3) is 0 Å². The molecule has 1 N–H and O–H groups in total.